The highest BCUT2D eigenvalue weighted by atomic mass is 32.2. The van der Waals surface area contributed by atoms with Crippen LogP contribution in [-0.2, 0) is 4.79 Å². The number of nitrogens with zero attached hydrogens (tertiary/aromatic N) is 3. The van der Waals surface area contributed by atoms with Gasteiger partial charge < -0.3 is 14.6 Å². The summed E-state index contributed by atoms with van der Waals surface area (Å²) in [5.41, 5.74) is 1.59. The summed E-state index contributed by atoms with van der Waals surface area (Å²) in [6, 6.07) is 17.2. The van der Waals surface area contributed by atoms with Gasteiger partial charge in [-0.1, -0.05) is 48.2 Å². The first-order chi connectivity index (χ1) is 13.1. The number of hydrogen-bond acceptors (Lipinski definition) is 5. The van der Waals surface area contributed by atoms with Crippen molar-refractivity contribution in [1.29, 1.82) is 0 Å². The summed E-state index contributed by atoms with van der Waals surface area (Å²) in [5, 5.41) is 11.4. The van der Waals surface area contributed by atoms with Gasteiger partial charge in [-0.15, -0.1) is 10.2 Å². The Labute approximate surface area is 163 Å². The Kier molecular flexibility index (Phi) is 6.13. The van der Waals surface area contributed by atoms with Crippen molar-refractivity contribution >= 4 is 23.4 Å². The van der Waals surface area contributed by atoms with Crippen molar-refractivity contribution < 1.29 is 9.53 Å². The molecule has 1 atom stereocenters. The minimum absolute atomic E-state index is 0.127. The van der Waals surface area contributed by atoms with E-state index in [9.17, 15) is 4.79 Å². The van der Waals surface area contributed by atoms with E-state index >= 15 is 0 Å². The zero-order valence-corrected chi connectivity index (χ0v) is 16.3. The Morgan fingerprint density at radius 3 is 2.63 bits per heavy atom. The summed E-state index contributed by atoms with van der Waals surface area (Å²) < 4.78 is 7.19. The largest absolute Gasteiger partial charge is 0.497 e. The number of carbonyl (C=O) groups excluding carboxylic acids is 1. The number of thioether (sulfide) groups is 1. The summed E-state index contributed by atoms with van der Waals surface area (Å²) in [7, 11) is 1.60. The Bertz CT molecular complexity index is 896. The lowest BCUT2D eigenvalue weighted by atomic mass is 10.1. The highest BCUT2D eigenvalue weighted by molar-refractivity contribution is 8.00. The van der Waals surface area contributed by atoms with Crippen LogP contribution >= 0.6 is 11.8 Å². The molecule has 0 aliphatic rings. The lowest BCUT2D eigenvalue weighted by Gasteiger charge is -2.18. The van der Waals surface area contributed by atoms with Crippen LogP contribution < -0.4 is 10.1 Å². The summed E-state index contributed by atoms with van der Waals surface area (Å²) in [6.07, 6.45) is 1.69. The third-order valence-electron chi connectivity index (χ3n) is 4.00. The Morgan fingerprint density at radius 1 is 1.15 bits per heavy atom. The number of ether oxygens (including phenoxy) is 1. The van der Waals surface area contributed by atoms with Gasteiger partial charge in [-0.2, -0.15) is 0 Å². The van der Waals surface area contributed by atoms with Crippen LogP contribution in [-0.4, -0.2) is 27.8 Å². The van der Waals surface area contributed by atoms with E-state index < -0.39 is 5.25 Å². The van der Waals surface area contributed by atoms with E-state index in [2.05, 4.69) is 29.4 Å². The molecule has 1 N–H and O–H groups in total. The number of carbonyl (C=O) groups is 1. The maximum Gasteiger partial charge on any atom is 0.242 e. The first-order valence-corrected chi connectivity index (χ1v) is 9.52. The third kappa shape index (κ3) is 4.68. The van der Waals surface area contributed by atoms with Crippen LogP contribution in [0.5, 0.6) is 5.75 Å². The molecule has 140 valence electrons. The molecule has 6 nitrogen and oxygen atoms in total. The van der Waals surface area contributed by atoms with E-state index in [1.807, 2.05) is 53.1 Å². The second kappa shape index (κ2) is 8.73. The van der Waals surface area contributed by atoms with Crippen LogP contribution in [0.1, 0.15) is 30.7 Å². The first kappa shape index (κ1) is 19.0. The molecule has 0 aliphatic carbocycles. The quantitative estimate of drug-likeness (QED) is 0.616. The van der Waals surface area contributed by atoms with E-state index in [0.29, 0.717) is 16.6 Å². The molecular weight excluding hydrogens is 360 g/mol. The number of anilines is 1. The fraction of sp³-hybridized carbons (Fsp3) is 0.250. The molecule has 3 rings (SSSR count). The molecule has 1 heterocycles. The Balaban J connectivity index is 1.87. The van der Waals surface area contributed by atoms with E-state index in [1.54, 1.807) is 19.5 Å². The van der Waals surface area contributed by atoms with Crippen LogP contribution in [0.25, 0.3) is 0 Å². The fourth-order valence-electron chi connectivity index (χ4n) is 2.59. The van der Waals surface area contributed by atoms with Crippen molar-refractivity contribution in [2.24, 2.45) is 0 Å². The van der Waals surface area contributed by atoms with Crippen molar-refractivity contribution in [2.45, 2.75) is 30.3 Å². The highest BCUT2D eigenvalue weighted by Gasteiger charge is 2.25. The fourth-order valence-corrected chi connectivity index (χ4v) is 3.73. The Hall–Kier alpha value is -2.80. The average Bonchev–Trinajstić information content (AvgIpc) is 3.15. The smallest absolute Gasteiger partial charge is 0.242 e. The second-order valence-electron chi connectivity index (χ2n) is 6.24. The van der Waals surface area contributed by atoms with Crippen molar-refractivity contribution in [3.05, 3.63) is 66.5 Å². The molecule has 1 aromatic heterocycles. The van der Waals surface area contributed by atoms with Crippen molar-refractivity contribution in [3.8, 4) is 5.75 Å². The third-order valence-corrected chi connectivity index (χ3v) is 5.22. The molecule has 0 bridgehead atoms. The van der Waals surface area contributed by atoms with E-state index in [0.717, 1.165) is 5.56 Å². The van der Waals surface area contributed by atoms with Crippen molar-refractivity contribution in [2.75, 3.05) is 12.4 Å². The van der Waals surface area contributed by atoms with Gasteiger partial charge in [0.05, 0.1) is 7.11 Å². The summed E-state index contributed by atoms with van der Waals surface area (Å²) in [6.45, 7) is 4.11. The number of benzene rings is 2. The molecular formula is C20H22N4O2S. The monoisotopic (exact) mass is 382 g/mol. The van der Waals surface area contributed by atoms with Crippen LogP contribution in [0.15, 0.2) is 66.1 Å². The number of methoxy groups -OCH3 is 1. The van der Waals surface area contributed by atoms with Crippen molar-refractivity contribution in [3.63, 3.8) is 0 Å². The van der Waals surface area contributed by atoms with Crippen LogP contribution in [0, 0.1) is 0 Å². The van der Waals surface area contributed by atoms with E-state index in [4.69, 9.17) is 4.74 Å². The number of rotatable bonds is 7. The molecule has 1 amide bonds. The first-order valence-electron chi connectivity index (χ1n) is 8.64. The van der Waals surface area contributed by atoms with Crippen LogP contribution in [0.2, 0.25) is 0 Å². The standard InChI is InChI=1S/C20H22N4O2S/c1-14(2)24-13-21-23-20(24)27-18(15-8-5-4-6-9-15)19(25)22-16-10-7-11-17(12-16)26-3/h4-14,18H,1-3H3,(H,22,25)/t18-/m0/s1. The van der Waals surface area contributed by atoms with Gasteiger partial charge in [-0.3, -0.25) is 4.79 Å². The SMILES string of the molecule is COc1cccc(NC(=O)[C@@H](Sc2nncn2C(C)C)c2ccccc2)c1. The molecule has 7 heteroatoms. The lowest BCUT2D eigenvalue weighted by Crippen LogP contribution is -2.19. The van der Waals surface area contributed by atoms with Gasteiger partial charge in [-0.25, -0.2) is 0 Å². The van der Waals surface area contributed by atoms with E-state index in [-0.39, 0.29) is 11.9 Å². The van der Waals surface area contributed by atoms with Crippen molar-refractivity contribution in [1.82, 2.24) is 14.8 Å². The predicted octanol–water partition coefficient (Wildman–Crippen LogP) is 4.34. The topological polar surface area (TPSA) is 69.0 Å². The maximum absolute atomic E-state index is 13.1. The van der Waals surface area contributed by atoms with Crippen LogP contribution in [0.4, 0.5) is 5.69 Å². The number of amides is 1. The van der Waals surface area contributed by atoms with Gasteiger partial charge in [-0.05, 0) is 31.5 Å². The molecule has 0 saturated heterocycles. The molecule has 0 radical (unpaired) electrons. The molecule has 27 heavy (non-hydrogen) atoms. The molecule has 2 aromatic carbocycles. The zero-order valence-electron chi connectivity index (χ0n) is 15.5. The molecule has 0 unspecified atom stereocenters. The van der Waals surface area contributed by atoms with E-state index in [1.165, 1.54) is 11.8 Å². The molecule has 0 fully saturated rings. The van der Waals surface area contributed by atoms with Gasteiger partial charge in [0, 0.05) is 17.8 Å². The minimum atomic E-state index is -0.459. The molecule has 0 aliphatic heterocycles. The minimum Gasteiger partial charge on any atom is -0.497 e. The van der Waals surface area contributed by atoms with Gasteiger partial charge in [0.1, 0.15) is 17.3 Å². The number of nitrogens with one attached hydrogen (secondary N) is 1. The molecule has 0 saturated carbocycles. The average molecular weight is 382 g/mol. The number of aromatic nitrogens is 3. The zero-order chi connectivity index (χ0) is 19.2. The van der Waals surface area contributed by atoms with Crippen LogP contribution in [0.3, 0.4) is 0 Å². The summed E-state index contributed by atoms with van der Waals surface area (Å²) in [5.74, 6) is 0.564. The van der Waals surface area contributed by atoms with Gasteiger partial charge in [0.25, 0.3) is 0 Å². The molecule has 0 spiro atoms. The predicted molar refractivity (Wildman–Crippen MR) is 107 cm³/mol. The lowest BCUT2D eigenvalue weighted by molar-refractivity contribution is -0.115. The summed E-state index contributed by atoms with van der Waals surface area (Å²) in [4.78, 5) is 13.1. The highest BCUT2D eigenvalue weighted by Crippen LogP contribution is 2.36. The normalized spacial score (nSPS) is 12.0. The Morgan fingerprint density at radius 2 is 1.93 bits per heavy atom. The number of hydrogen-bond donors (Lipinski definition) is 1. The van der Waals surface area contributed by atoms with Gasteiger partial charge >= 0.3 is 0 Å². The van der Waals surface area contributed by atoms with Gasteiger partial charge in [0.15, 0.2) is 5.16 Å². The van der Waals surface area contributed by atoms with Gasteiger partial charge in [0.2, 0.25) is 5.91 Å². The second-order valence-corrected chi connectivity index (χ2v) is 7.32. The maximum atomic E-state index is 13.1. The summed E-state index contributed by atoms with van der Waals surface area (Å²) >= 11 is 1.39. The molecule has 3 aromatic rings.